The van der Waals surface area contributed by atoms with E-state index in [1.165, 1.54) is 16.5 Å². The van der Waals surface area contributed by atoms with Crippen LogP contribution in [0.25, 0.3) is 16.3 Å². The molecule has 2 unspecified atom stereocenters. The summed E-state index contributed by atoms with van der Waals surface area (Å²) in [5.74, 6) is 0.895. The SMILES string of the molecule is COc1ccc(C2=CC3CCCC(C2)N3C(=O)OC(C)(C)C)c2ccccc12. The molecule has 2 aromatic carbocycles. The molecule has 2 bridgehead atoms. The molecule has 0 N–H and O–H groups in total. The van der Waals surface area contributed by atoms with E-state index in [0.29, 0.717) is 0 Å². The average molecular weight is 380 g/mol. The van der Waals surface area contributed by atoms with E-state index in [1.54, 1.807) is 7.11 Å². The monoisotopic (exact) mass is 379 g/mol. The van der Waals surface area contributed by atoms with Crippen LogP contribution < -0.4 is 4.74 Å². The molecule has 2 aromatic rings. The van der Waals surface area contributed by atoms with Crippen LogP contribution in [0.1, 0.15) is 52.0 Å². The zero-order valence-electron chi connectivity index (χ0n) is 17.2. The number of hydrogen-bond acceptors (Lipinski definition) is 3. The van der Waals surface area contributed by atoms with Gasteiger partial charge in [0.1, 0.15) is 11.4 Å². The zero-order chi connectivity index (χ0) is 19.9. The van der Waals surface area contributed by atoms with E-state index in [1.807, 2.05) is 31.7 Å². The average Bonchev–Trinajstić information content (AvgIpc) is 2.64. The Morgan fingerprint density at radius 3 is 2.50 bits per heavy atom. The summed E-state index contributed by atoms with van der Waals surface area (Å²) in [4.78, 5) is 14.8. The van der Waals surface area contributed by atoms with Gasteiger partial charge in [0.2, 0.25) is 0 Å². The number of piperidine rings is 1. The maximum Gasteiger partial charge on any atom is 0.411 e. The number of methoxy groups -OCH3 is 1. The summed E-state index contributed by atoms with van der Waals surface area (Å²) in [5.41, 5.74) is 2.10. The van der Waals surface area contributed by atoms with Gasteiger partial charge in [-0.3, -0.25) is 4.90 Å². The minimum atomic E-state index is -0.471. The lowest BCUT2D eigenvalue weighted by Gasteiger charge is -2.45. The largest absolute Gasteiger partial charge is 0.496 e. The third kappa shape index (κ3) is 3.48. The van der Waals surface area contributed by atoms with E-state index in [0.717, 1.165) is 36.8 Å². The highest BCUT2D eigenvalue weighted by Crippen LogP contribution is 2.41. The van der Waals surface area contributed by atoms with Crippen LogP contribution in [0.2, 0.25) is 0 Å². The first-order chi connectivity index (χ1) is 13.4. The van der Waals surface area contributed by atoms with Gasteiger partial charge < -0.3 is 9.47 Å². The van der Waals surface area contributed by atoms with Crippen molar-refractivity contribution in [3.63, 3.8) is 0 Å². The van der Waals surface area contributed by atoms with Crippen molar-refractivity contribution in [3.8, 4) is 5.75 Å². The molecule has 0 spiro atoms. The van der Waals surface area contributed by atoms with Crippen LogP contribution in [0.5, 0.6) is 5.75 Å². The fourth-order valence-corrected chi connectivity index (χ4v) is 4.56. The first-order valence-electron chi connectivity index (χ1n) is 10.2. The second-order valence-corrected chi connectivity index (χ2v) is 8.80. The van der Waals surface area contributed by atoms with Gasteiger partial charge in [0.25, 0.3) is 0 Å². The standard InChI is InChI=1S/C24H29NO3/c1-24(2,3)28-23(26)25-17-8-7-9-18(25)15-16(14-17)19-12-13-22(27-4)21-11-6-5-10-20(19)21/h5-6,10-14,17-18H,7-9,15H2,1-4H3. The fourth-order valence-electron chi connectivity index (χ4n) is 4.56. The van der Waals surface area contributed by atoms with E-state index in [4.69, 9.17) is 9.47 Å². The van der Waals surface area contributed by atoms with Crippen LogP contribution in [0.4, 0.5) is 4.79 Å². The van der Waals surface area contributed by atoms with E-state index >= 15 is 0 Å². The molecule has 4 nitrogen and oxygen atoms in total. The van der Waals surface area contributed by atoms with E-state index in [9.17, 15) is 4.79 Å². The van der Waals surface area contributed by atoms with Crippen molar-refractivity contribution in [2.24, 2.45) is 0 Å². The highest BCUT2D eigenvalue weighted by molar-refractivity contribution is 5.98. The number of nitrogens with zero attached hydrogens (tertiary/aromatic N) is 1. The molecule has 4 rings (SSSR count). The van der Waals surface area contributed by atoms with Gasteiger partial charge in [-0.1, -0.05) is 36.4 Å². The van der Waals surface area contributed by atoms with Crippen molar-refractivity contribution in [3.05, 3.63) is 48.0 Å². The molecule has 2 atom stereocenters. The van der Waals surface area contributed by atoms with Gasteiger partial charge in [0.05, 0.1) is 13.2 Å². The Hall–Kier alpha value is -2.49. The Morgan fingerprint density at radius 1 is 1.07 bits per heavy atom. The molecule has 0 radical (unpaired) electrons. The molecule has 2 aliphatic heterocycles. The number of carbonyl (C=O) groups excluding carboxylic acids is 1. The van der Waals surface area contributed by atoms with Crippen LogP contribution in [0, 0.1) is 0 Å². The number of rotatable bonds is 2. The third-order valence-electron chi connectivity index (χ3n) is 5.69. The summed E-state index contributed by atoms with van der Waals surface area (Å²) >= 11 is 0. The van der Waals surface area contributed by atoms with Crippen molar-refractivity contribution >= 4 is 22.4 Å². The molecule has 28 heavy (non-hydrogen) atoms. The lowest BCUT2D eigenvalue weighted by atomic mass is 9.82. The topological polar surface area (TPSA) is 38.8 Å². The number of fused-ring (bicyclic) bond motifs is 3. The van der Waals surface area contributed by atoms with Crippen molar-refractivity contribution in [2.75, 3.05) is 7.11 Å². The summed E-state index contributed by atoms with van der Waals surface area (Å²) < 4.78 is 11.2. The molecule has 1 amide bonds. The second kappa shape index (κ2) is 7.16. The van der Waals surface area contributed by atoms with Crippen molar-refractivity contribution in [1.29, 1.82) is 0 Å². The quantitative estimate of drug-likeness (QED) is 0.662. The first kappa shape index (κ1) is 18.9. The number of ether oxygens (including phenoxy) is 2. The van der Waals surface area contributed by atoms with Gasteiger partial charge in [-0.25, -0.2) is 4.79 Å². The normalized spacial score (nSPS) is 22.0. The number of hydrogen-bond donors (Lipinski definition) is 0. The lowest BCUT2D eigenvalue weighted by molar-refractivity contribution is 0.0000925. The molecule has 2 heterocycles. The van der Waals surface area contributed by atoms with Gasteiger partial charge in [-0.2, -0.15) is 0 Å². The van der Waals surface area contributed by atoms with Gasteiger partial charge >= 0.3 is 6.09 Å². The Kier molecular flexibility index (Phi) is 4.82. The zero-order valence-corrected chi connectivity index (χ0v) is 17.2. The fraction of sp³-hybridized carbons (Fsp3) is 0.458. The molecular weight excluding hydrogens is 350 g/mol. The third-order valence-corrected chi connectivity index (χ3v) is 5.69. The highest BCUT2D eigenvalue weighted by Gasteiger charge is 2.39. The number of carbonyl (C=O) groups is 1. The van der Waals surface area contributed by atoms with Gasteiger partial charge in [-0.15, -0.1) is 0 Å². The van der Waals surface area contributed by atoms with E-state index in [-0.39, 0.29) is 18.2 Å². The molecule has 1 saturated heterocycles. The van der Waals surface area contributed by atoms with Crippen LogP contribution in [-0.2, 0) is 4.74 Å². The maximum atomic E-state index is 12.8. The molecule has 148 valence electrons. The summed E-state index contributed by atoms with van der Waals surface area (Å²) in [5, 5.41) is 2.33. The van der Waals surface area contributed by atoms with Gasteiger partial charge in [-0.05, 0) is 69.0 Å². The van der Waals surface area contributed by atoms with Gasteiger partial charge in [0.15, 0.2) is 0 Å². The lowest BCUT2D eigenvalue weighted by Crippen LogP contribution is -2.53. The molecule has 0 aliphatic carbocycles. The Labute approximate surface area is 167 Å². The second-order valence-electron chi connectivity index (χ2n) is 8.80. The molecule has 4 heteroatoms. The van der Waals surface area contributed by atoms with E-state index < -0.39 is 5.60 Å². The maximum absolute atomic E-state index is 12.8. The summed E-state index contributed by atoms with van der Waals surface area (Å²) in [7, 11) is 1.71. The molecule has 0 aromatic heterocycles. The van der Waals surface area contributed by atoms with Crippen LogP contribution in [0.15, 0.2) is 42.5 Å². The predicted molar refractivity (Wildman–Crippen MR) is 113 cm³/mol. The van der Waals surface area contributed by atoms with Crippen molar-refractivity contribution in [1.82, 2.24) is 4.90 Å². The smallest absolute Gasteiger partial charge is 0.411 e. The first-order valence-corrected chi connectivity index (χ1v) is 10.2. The van der Waals surface area contributed by atoms with Crippen molar-refractivity contribution < 1.29 is 14.3 Å². The molecule has 2 aliphatic rings. The number of benzene rings is 2. The molecule has 1 fully saturated rings. The van der Waals surface area contributed by atoms with Crippen LogP contribution in [0.3, 0.4) is 0 Å². The summed E-state index contributed by atoms with van der Waals surface area (Å²) in [6.07, 6.45) is 6.15. The van der Waals surface area contributed by atoms with Gasteiger partial charge in [0, 0.05) is 11.4 Å². The highest BCUT2D eigenvalue weighted by atomic mass is 16.6. The van der Waals surface area contributed by atoms with E-state index in [2.05, 4.69) is 36.4 Å². The minimum Gasteiger partial charge on any atom is -0.496 e. The Balaban J connectivity index is 1.72. The minimum absolute atomic E-state index is 0.109. The van der Waals surface area contributed by atoms with Crippen LogP contribution >= 0.6 is 0 Å². The number of amides is 1. The Morgan fingerprint density at radius 2 is 1.82 bits per heavy atom. The predicted octanol–water partition coefficient (Wildman–Crippen LogP) is 5.79. The summed E-state index contributed by atoms with van der Waals surface area (Å²) in [6, 6.07) is 12.9. The summed E-state index contributed by atoms with van der Waals surface area (Å²) in [6.45, 7) is 5.78. The Bertz CT molecular complexity index is 925. The van der Waals surface area contributed by atoms with Crippen molar-refractivity contribution in [2.45, 2.75) is 64.1 Å². The molecule has 0 saturated carbocycles. The molecular formula is C24H29NO3. The van der Waals surface area contributed by atoms with Crippen LogP contribution in [-0.4, -0.2) is 35.8 Å².